The van der Waals surface area contributed by atoms with Crippen LogP contribution in [0, 0.1) is 0 Å². The molecule has 1 aromatic rings. The molecule has 2 aliphatic rings. The van der Waals surface area contributed by atoms with Crippen LogP contribution >= 0.6 is 0 Å². The Labute approximate surface area is 143 Å². The Morgan fingerprint density at radius 1 is 1.25 bits per heavy atom. The zero-order chi connectivity index (χ0) is 17.0. The third-order valence-electron chi connectivity index (χ3n) is 4.60. The largest absolute Gasteiger partial charge is 0.472 e. The molecule has 0 N–H and O–H groups in total. The second kappa shape index (κ2) is 7.65. The third-order valence-corrected chi connectivity index (χ3v) is 4.60. The lowest BCUT2D eigenvalue weighted by atomic mass is 10.0. The number of furan rings is 1. The van der Waals surface area contributed by atoms with E-state index in [1.807, 2.05) is 6.07 Å². The second-order valence-corrected chi connectivity index (χ2v) is 6.93. The van der Waals surface area contributed by atoms with Gasteiger partial charge in [0.25, 0.3) is 0 Å². The lowest BCUT2D eigenvalue weighted by Gasteiger charge is -2.43. The van der Waals surface area contributed by atoms with Crippen LogP contribution in [-0.4, -0.2) is 92.8 Å². The highest BCUT2D eigenvalue weighted by Crippen LogP contribution is 2.24. The maximum atomic E-state index is 12.1. The van der Waals surface area contributed by atoms with E-state index in [2.05, 4.69) is 9.80 Å². The monoisotopic (exact) mass is 337 g/mol. The molecule has 0 aliphatic carbocycles. The summed E-state index contributed by atoms with van der Waals surface area (Å²) in [5.74, 6) is 0.109. The van der Waals surface area contributed by atoms with Gasteiger partial charge in [0.1, 0.15) is 5.60 Å². The van der Waals surface area contributed by atoms with Crippen molar-refractivity contribution in [1.82, 2.24) is 14.7 Å². The van der Waals surface area contributed by atoms with E-state index in [0.717, 1.165) is 26.2 Å². The Morgan fingerprint density at radius 2 is 2.04 bits per heavy atom. The molecule has 134 valence electrons. The van der Waals surface area contributed by atoms with Gasteiger partial charge in [-0.3, -0.25) is 14.6 Å². The molecule has 0 bridgehead atoms. The molecule has 1 atom stereocenters. The van der Waals surface area contributed by atoms with Gasteiger partial charge in [0, 0.05) is 52.4 Å². The predicted octanol–water partition coefficient (Wildman–Crippen LogP) is 0.271. The first-order chi connectivity index (χ1) is 11.6. The van der Waals surface area contributed by atoms with E-state index < -0.39 is 0 Å². The standard InChI is InChI=1S/C17H27N3O4/c1-18(2)16(21)10-20-4-7-23-14-17(13-20)12-19(5-8-24-17)9-15-3-6-22-11-15/h3,6,11H,4-5,7-10,12-14H2,1-2H3/t17-/m0/s1. The lowest BCUT2D eigenvalue weighted by Crippen LogP contribution is -2.59. The van der Waals surface area contributed by atoms with Crippen molar-refractivity contribution in [2.24, 2.45) is 0 Å². The first-order valence-electron chi connectivity index (χ1n) is 8.44. The Hall–Kier alpha value is -1.41. The van der Waals surface area contributed by atoms with Crippen LogP contribution in [0.25, 0.3) is 0 Å². The van der Waals surface area contributed by atoms with E-state index in [-0.39, 0.29) is 11.5 Å². The second-order valence-electron chi connectivity index (χ2n) is 6.93. The van der Waals surface area contributed by atoms with Crippen LogP contribution in [0.5, 0.6) is 0 Å². The molecule has 3 rings (SSSR count). The average molecular weight is 337 g/mol. The van der Waals surface area contributed by atoms with Crippen LogP contribution in [0.2, 0.25) is 0 Å². The predicted molar refractivity (Wildman–Crippen MR) is 88.6 cm³/mol. The van der Waals surface area contributed by atoms with Crippen molar-refractivity contribution in [3.63, 3.8) is 0 Å². The van der Waals surface area contributed by atoms with Crippen LogP contribution < -0.4 is 0 Å². The number of hydrogen-bond donors (Lipinski definition) is 0. The SMILES string of the molecule is CN(C)C(=O)CN1CCOC[C@@]2(C1)CN(Cc1ccoc1)CCO2. The first-order valence-corrected chi connectivity index (χ1v) is 8.44. The summed E-state index contributed by atoms with van der Waals surface area (Å²) in [5.41, 5.74) is 0.798. The van der Waals surface area contributed by atoms with Crippen molar-refractivity contribution >= 4 is 5.91 Å². The van der Waals surface area contributed by atoms with Crippen molar-refractivity contribution in [3.05, 3.63) is 24.2 Å². The van der Waals surface area contributed by atoms with Crippen molar-refractivity contribution in [2.45, 2.75) is 12.1 Å². The highest BCUT2D eigenvalue weighted by atomic mass is 16.5. The Bertz CT molecular complexity index is 534. The minimum absolute atomic E-state index is 0.109. The summed E-state index contributed by atoms with van der Waals surface area (Å²) in [5, 5.41) is 0. The maximum Gasteiger partial charge on any atom is 0.236 e. The molecule has 1 amide bonds. The van der Waals surface area contributed by atoms with Gasteiger partial charge in [-0.25, -0.2) is 0 Å². The highest BCUT2D eigenvalue weighted by molar-refractivity contribution is 5.77. The van der Waals surface area contributed by atoms with Gasteiger partial charge < -0.3 is 18.8 Å². The number of amides is 1. The molecular weight excluding hydrogens is 310 g/mol. The molecule has 7 nitrogen and oxygen atoms in total. The van der Waals surface area contributed by atoms with E-state index in [1.54, 1.807) is 31.5 Å². The summed E-state index contributed by atoms with van der Waals surface area (Å²) in [7, 11) is 3.58. The van der Waals surface area contributed by atoms with Crippen molar-refractivity contribution in [1.29, 1.82) is 0 Å². The summed E-state index contributed by atoms with van der Waals surface area (Å²) in [6, 6.07) is 1.99. The van der Waals surface area contributed by atoms with Crippen molar-refractivity contribution in [2.75, 3.05) is 66.6 Å². The summed E-state index contributed by atoms with van der Waals surface area (Å²) in [4.78, 5) is 18.2. The van der Waals surface area contributed by atoms with E-state index in [9.17, 15) is 4.79 Å². The number of carbonyl (C=O) groups is 1. The maximum absolute atomic E-state index is 12.1. The molecule has 3 heterocycles. The molecule has 7 heteroatoms. The number of carbonyl (C=O) groups excluding carboxylic acids is 1. The smallest absolute Gasteiger partial charge is 0.236 e. The number of ether oxygens (including phenoxy) is 2. The van der Waals surface area contributed by atoms with Crippen LogP contribution in [0.4, 0.5) is 0 Å². The number of nitrogens with zero attached hydrogens (tertiary/aromatic N) is 3. The fourth-order valence-corrected chi connectivity index (χ4v) is 3.33. The van der Waals surface area contributed by atoms with E-state index in [1.165, 1.54) is 5.56 Å². The number of rotatable bonds is 4. The molecule has 0 radical (unpaired) electrons. The first kappa shape index (κ1) is 17.4. The molecule has 0 unspecified atom stereocenters. The minimum Gasteiger partial charge on any atom is -0.472 e. The number of hydrogen-bond acceptors (Lipinski definition) is 6. The summed E-state index contributed by atoms with van der Waals surface area (Å²) < 4.78 is 17.1. The highest BCUT2D eigenvalue weighted by Gasteiger charge is 2.40. The molecule has 24 heavy (non-hydrogen) atoms. The van der Waals surface area contributed by atoms with Crippen molar-refractivity contribution < 1.29 is 18.7 Å². The van der Waals surface area contributed by atoms with Crippen LogP contribution in [0.1, 0.15) is 5.56 Å². The van der Waals surface area contributed by atoms with Gasteiger partial charge in [0.05, 0.1) is 38.9 Å². The topological polar surface area (TPSA) is 58.4 Å². The van der Waals surface area contributed by atoms with Gasteiger partial charge in [0.15, 0.2) is 0 Å². The summed E-state index contributed by atoms with van der Waals surface area (Å²) in [6.07, 6.45) is 3.49. The lowest BCUT2D eigenvalue weighted by molar-refractivity contribution is -0.145. The van der Waals surface area contributed by atoms with Crippen LogP contribution in [0.15, 0.2) is 23.0 Å². The van der Waals surface area contributed by atoms with E-state index in [4.69, 9.17) is 13.9 Å². The third kappa shape index (κ3) is 4.36. The minimum atomic E-state index is -0.370. The molecule has 0 aromatic carbocycles. The molecule has 2 aliphatic heterocycles. The number of morpholine rings is 1. The van der Waals surface area contributed by atoms with E-state index in [0.29, 0.717) is 32.9 Å². The van der Waals surface area contributed by atoms with Gasteiger partial charge in [-0.2, -0.15) is 0 Å². The average Bonchev–Trinajstić information content (AvgIpc) is 2.97. The van der Waals surface area contributed by atoms with Gasteiger partial charge in [-0.1, -0.05) is 0 Å². The Kier molecular flexibility index (Phi) is 5.55. The molecule has 0 saturated carbocycles. The summed E-state index contributed by atoms with van der Waals surface area (Å²) in [6.45, 7) is 6.29. The molecule has 2 saturated heterocycles. The summed E-state index contributed by atoms with van der Waals surface area (Å²) >= 11 is 0. The van der Waals surface area contributed by atoms with Crippen LogP contribution in [-0.2, 0) is 20.8 Å². The Balaban J connectivity index is 1.64. The van der Waals surface area contributed by atoms with Gasteiger partial charge in [-0.15, -0.1) is 0 Å². The van der Waals surface area contributed by atoms with Gasteiger partial charge >= 0.3 is 0 Å². The zero-order valence-electron chi connectivity index (χ0n) is 14.6. The molecule has 1 aromatic heterocycles. The van der Waals surface area contributed by atoms with Gasteiger partial charge in [-0.05, 0) is 6.07 Å². The molecule has 2 fully saturated rings. The fourth-order valence-electron chi connectivity index (χ4n) is 3.33. The van der Waals surface area contributed by atoms with E-state index >= 15 is 0 Å². The number of likely N-dealkylation sites (N-methyl/N-ethyl adjacent to an activating group) is 1. The van der Waals surface area contributed by atoms with Crippen LogP contribution in [0.3, 0.4) is 0 Å². The molecule has 1 spiro atoms. The normalized spacial score (nSPS) is 26.4. The molecular formula is C17H27N3O4. The fraction of sp³-hybridized carbons (Fsp3) is 0.706. The van der Waals surface area contributed by atoms with Gasteiger partial charge in [0.2, 0.25) is 5.91 Å². The zero-order valence-corrected chi connectivity index (χ0v) is 14.6. The Morgan fingerprint density at radius 3 is 2.79 bits per heavy atom. The van der Waals surface area contributed by atoms with Crippen molar-refractivity contribution in [3.8, 4) is 0 Å². The quantitative estimate of drug-likeness (QED) is 0.786.